The normalized spacial score (nSPS) is 10.6. The molecule has 0 bridgehead atoms. The van der Waals surface area contributed by atoms with Crippen LogP contribution in [0, 0.1) is 0 Å². The second kappa shape index (κ2) is 5.03. The van der Waals surface area contributed by atoms with Gasteiger partial charge in [-0.15, -0.1) is 11.6 Å². The molecule has 3 nitrogen and oxygen atoms in total. The number of fused-ring (bicyclic) bond motifs is 1. The molecule has 0 saturated carbocycles. The largest absolute Gasteiger partial charge is 0.493 e. The smallest absolute Gasteiger partial charge is 0.192 e. The molecule has 0 N–H and O–H groups in total. The molecule has 0 amide bonds. The van der Waals surface area contributed by atoms with Crippen LogP contribution >= 0.6 is 11.6 Å². The fourth-order valence-corrected chi connectivity index (χ4v) is 1.51. The zero-order chi connectivity index (χ0) is 11.4. The monoisotopic (exact) mass is 238 g/mol. The quantitative estimate of drug-likeness (QED) is 0.607. The van der Waals surface area contributed by atoms with Gasteiger partial charge in [-0.1, -0.05) is 0 Å². The molecule has 0 radical (unpaired) electrons. The summed E-state index contributed by atoms with van der Waals surface area (Å²) in [6.07, 6.45) is 2.17. The van der Waals surface area contributed by atoms with Gasteiger partial charge in [0.2, 0.25) is 0 Å². The Hall–Kier alpha value is -1.48. The van der Waals surface area contributed by atoms with Crippen molar-refractivity contribution in [1.29, 1.82) is 0 Å². The third-order valence-electron chi connectivity index (χ3n) is 2.18. The van der Waals surface area contributed by atoms with E-state index in [-0.39, 0.29) is 5.43 Å². The van der Waals surface area contributed by atoms with Crippen LogP contribution < -0.4 is 10.2 Å². The summed E-state index contributed by atoms with van der Waals surface area (Å²) < 4.78 is 10.7. The highest BCUT2D eigenvalue weighted by molar-refractivity contribution is 6.17. The van der Waals surface area contributed by atoms with Gasteiger partial charge in [-0.3, -0.25) is 4.79 Å². The van der Waals surface area contributed by atoms with Gasteiger partial charge in [0.05, 0.1) is 18.3 Å². The number of alkyl halides is 1. The summed E-state index contributed by atoms with van der Waals surface area (Å²) in [6, 6.07) is 6.58. The van der Waals surface area contributed by atoms with Gasteiger partial charge in [0, 0.05) is 18.0 Å². The third kappa shape index (κ3) is 2.36. The van der Waals surface area contributed by atoms with Crippen molar-refractivity contribution in [2.75, 3.05) is 12.5 Å². The molecule has 84 valence electrons. The van der Waals surface area contributed by atoms with E-state index in [9.17, 15) is 4.79 Å². The Morgan fingerprint density at radius 3 is 3.00 bits per heavy atom. The van der Waals surface area contributed by atoms with Gasteiger partial charge in [-0.25, -0.2) is 0 Å². The SMILES string of the molecule is O=c1ccoc2cc(OCCCCl)ccc12. The lowest BCUT2D eigenvalue weighted by Gasteiger charge is -2.05. The van der Waals surface area contributed by atoms with Crippen molar-refractivity contribution in [3.05, 3.63) is 40.8 Å². The predicted octanol–water partition coefficient (Wildman–Crippen LogP) is 2.80. The molecule has 0 unspecified atom stereocenters. The van der Waals surface area contributed by atoms with Crippen molar-refractivity contribution >= 4 is 22.6 Å². The summed E-state index contributed by atoms with van der Waals surface area (Å²) in [6.45, 7) is 0.562. The maximum Gasteiger partial charge on any atom is 0.192 e. The van der Waals surface area contributed by atoms with E-state index in [2.05, 4.69) is 0 Å². The molecule has 2 aromatic rings. The van der Waals surface area contributed by atoms with Crippen LogP contribution in [0.15, 0.2) is 39.7 Å². The fraction of sp³-hybridized carbons (Fsp3) is 0.250. The number of ether oxygens (including phenoxy) is 1. The second-order valence-electron chi connectivity index (χ2n) is 3.33. The van der Waals surface area contributed by atoms with Crippen LogP contribution in [0.3, 0.4) is 0 Å². The summed E-state index contributed by atoms with van der Waals surface area (Å²) >= 11 is 5.54. The Morgan fingerprint density at radius 2 is 2.19 bits per heavy atom. The Morgan fingerprint density at radius 1 is 1.31 bits per heavy atom. The van der Waals surface area contributed by atoms with Crippen LogP contribution in [0.25, 0.3) is 11.0 Å². The zero-order valence-corrected chi connectivity index (χ0v) is 9.37. The van der Waals surface area contributed by atoms with Crippen LogP contribution in [0.4, 0.5) is 0 Å². The standard InChI is InChI=1S/C12H11ClO3/c13-5-1-6-15-9-2-3-10-11(14)4-7-16-12(10)8-9/h2-4,7-8H,1,5-6H2. The van der Waals surface area contributed by atoms with Crippen LogP contribution in [-0.4, -0.2) is 12.5 Å². The van der Waals surface area contributed by atoms with Crippen molar-refractivity contribution in [3.63, 3.8) is 0 Å². The van der Waals surface area contributed by atoms with E-state index in [4.69, 9.17) is 20.8 Å². The topological polar surface area (TPSA) is 39.4 Å². The van der Waals surface area contributed by atoms with Crippen LogP contribution in [0.1, 0.15) is 6.42 Å². The van der Waals surface area contributed by atoms with E-state index in [1.54, 1.807) is 18.2 Å². The van der Waals surface area contributed by atoms with E-state index in [1.807, 2.05) is 0 Å². The number of hydrogen-bond donors (Lipinski definition) is 0. The summed E-state index contributed by atoms with van der Waals surface area (Å²) in [5.41, 5.74) is 0.490. The zero-order valence-electron chi connectivity index (χ0n) is 8.61. The first kappa shape index (κ1) is 11.0. The average Bonchev–Trinajstić information content (AvgIpc) is 2.30. The van der Waals surface area contributed by atoms with Gasteiger partial charge in [0.15, 0.2) is 5.43 Å². The lowest BCUT2D eigenvalue weighted by atomic mass is 10.2. The van der Waals surface area contributed by atoms with Gasteiger partial charge < -0.3 is 9.15 Å². The molecule has 0 aliphatic heterocycles. The van der Waals surface area contributed by atoms with Gasteiger partial charge in [0.25, 0.3) is 0 Å². The maximum absolute atomic E-state index is 11.4. The molecule has 0 saturated heterocycles. The fourth-order valence-electron chi connectivity index (χ4n) is 1.40. The van der Waals surface area contributed by atoms with Gasteiger partial charge in [-0.05, 0) is 18.6 Å². The molecule has 0 aliphatic carbocycles. The molecule has 0 fully saturated rings. The summed E-state index contributed by atoms with van der Waals surface area (Å²) in [5.74, 6) is 1.26. The predicted molar refractivity (Wildman–Crippen MR) is 63.3 cm³/mol. The van der Waals surface area contributed by atoms with Crippen molar-refractivity contribution in [2.24, 2.45) is 0 Å². The molecule has 16 heavy (non-hydrogen) atoms. The molecule has 1 aromatic heterocycles. The van der Waals surface area contributed by atoms with Crippen molar-refractivity contribution < 1.29 is 9.15 Å². The van der Waals surface area contributed by atoms with E-state index < -0.39 is 0 Å². The van der Waals surface area contributed by atoms with Crippen LogP contribution in [-0.2, 0) is 0 Å². The first-order valence-electron chi connectivity index (χ1n) is 5.01. The lowest BCUT2D eigenvalue weighted by Crippen LogP contribution is -2.00. The molecule has 0 spiro atoms. The van der Waals surface area contributed by atoms with E-state index >= 15 is 0 Å². The van der Waals surface area contributed by atoms with Crippen molar-refractivity contribution in [2.45, 2.75) is 6.42 Å². The molecule has 1 aromatic carbocycles. The highest BCUT2D eigenvalue weighted by Gasteiger charge is 2.01. The summed E-state index contributed by atoms with van der Waals surface area (Å²) in [4.78, 5) is 11.4. The number of hydrogen-bond acceptors (Lipinski definition) is 3. The highest BCUT2D eigenvalue weighted by atomic mass is 35.5. The van der Waals surface area contributed by atoms with Crippen LogP contribution in [0.2, 0.25) is 0 Å². The maximum atomic E-state index is 11.4. The van der Waals surface area contributed by atoms with Gasteiger partial charge in [-0.2, -0.15) is 0 Å². The minimum absolute atomic E-state index is 0.0476. The summed E-state index contributed by atoms with van der Waals surface area (Å²) in [7, 11) is 0. The highest BCUT2D eigenvalue weighted by Crippen LogP contribution is 2.18. The first-order valence-corrected chi connectivity index (χ1v) is 5.55. The van der Waals surface area contributed by atoms with Crippen molar-refractivity contribution in [3.8, 4) is 5.75 Å². The lowest BCUT2D eigenvalue weighted by molar-refractivity contribution is 0.318. The van der Waals surface area contributed by atoms with Gasteiger partial charge in [0.1, 0.15) is 11.3 Å². The molecular formula is C12H11ClO3. The molecule has 2 rings (SSSR count). The van der Waals surface area contributed by atoms with Crippen LogP contribution in [0.5, 0.6) is 5.75 Å². The first-order chi connectivity index (χ1) is 7.81. The average molecular weight is 239 g/mol. The Bertz CT molecular complexity index is 533. The van der Waals surface area contributed by atoms with Crippen molar-refractivity contribution in [1.82, 2.24) is 0 Å². The molecule has 0 atom stereocenters. The summed E-state index contributed by atoms with van der Waals surface area (Å²) in [5, 5.41) is 0.562. The van der Waals surface area contributed by atoms with E-state index in [0.29, 0.717) is 29.2 Å². The number of rotatable bonds is 4. The molecular weight excluding hydrogens is 228 g/mol. The number of halogens is 1. The minimum Gasteiger partial charge on any atom is -0.493 e. The second-order valence-corrected chi connectivity index (χ2v) is 3.71. The Balaban J connectivity index is 2.27. The van der Waals surface area contributed by atoms with E-state index in [0.717, 1.165) is 6.42 Å². The Kier molecular flexibility index (Phi) is 3.47. The van der Waals surface area contributed by atoms with E-state index in [1.165, 1.54) is 12.3 Å². The van der Waals surface area contributed by atoms with Gasteiger partial charge >= 0.3 is 0 Å². The molecule has 0 aliphatic rings. The Labute approximate surface area is 97.6 Å². The third-order valence-corrected chi connectivity index (χ3v) is 2.45. The molecule has 4 heteroatoms. The number of benzene rings is 1. The minimum atomic E-state index is -0.0476. The molecule has 1 heterocycles.